The van der Waals surface area contributed by atoms with Crippen LogP contribution in [0.2, 0.25) is 5.02 Å². The van der Waals surface area contributed by atoms with Gasteiger partial charge in [0.05, 0.1) is 13.2 Å². The Balaban J connectivity index is 1.92. The summed E-state index contributed by atoms with van der Waals surface area (Å²) in [6.07, 6.45) is -0.558. The molecule has 2 rings (SSSR count). The lowest BCUT2D eigenvalue weighted by Crippen LogP contribution is -2.24. The van der Waals surface area contributed by atoms with E-state index >= 15 is 0 Å². The molecule has 2 aromatic rings. The van der Waals surface area contributed by atoms with Crippen LogP contribution in [0.1, 0.15) is 30.2 Å². The summed E-state index contributed by atoms with van der Waals surface area (Å²) >= 11 is 5.99. The third-order valence-corrected chi connectivity index (χ3v) is 3.70. The van der Waals surface area contributed by atoms with E-state index in [9.17, 15) is 5.11 Å². The first-order valence-electron chi connectivity index (χ1n) is 6.91. The van der Waals surface area contributed by atoms with Crippen LogP contribution in [0.25, 0.3) is 0 Å². The highest BCUT2D eigenvalue weighted by Crippen LogP contribution is 2.20. The number of hydrogen-bond donors (Lipinski definition) is 2. The Morgan fingerprint density at radius 1 is 1.14 bits per heavy atom. The van der Waals surface area contributed by atoms with Crippen molar-refractivity contribution in [1.29, 1.82) is 0 Å². The number of halogens is 1. The van der Waals surface area contributed by atoms with E-state index in [0.717, 1.165) is 21.9 Å². The summed E-state index contributed by atoms with van der Waals surface area (Å²) in [6.45, 7) is 2.52. The van der Waals surface area contributed by atoms with E-state index in [2.05, 4.69) is 5.32 Å². The monoisotopic (exact) mass is 305 g/mol. The summed E-state index contributed by atoms with van der Waals surface area (Å²) in [6, 6.07) is 15.3. The zero-order valence-corrected chi connectivity index (χ0v) is 13.0. The molecule has 112 valence electrons. The van der Waals surface area contributed by atoms with Gasteiger partial charge in [0.15, 0.2) is 0 Å². The summed E-state index contributed by atoms with van der Waals surface area (Å²) in [5.74, 6) is 0.784. The van der Waals surface area contributed by atoms with Gasteiger partial charge in [-0.1, -0.05) is 35.9 Å². The molecule has 0 aliphatic carbocycles. The summed E-state index contributed by atoms with van der Waals surface area (Å²) in [7, 11) is 1.62. The van der Waals surface area contributed by atoms with E-state index in [1.165, 1.54) is 0 Å². The number of aliphatic hydroxyl groups is 1. The van der Waals surface area contributed by atoms with Crippen LogP contribution in [0.3, 0.4) is 0 Å². The van der Waals surface area contributed by atoms with Crippen molar-refractivity contribution in [3.8, 4) is 5.75 Å². The molecule has 0 fully saturated rings. The average molecular weight is 306 g/mol. The fourth-order valence-electron chi connectivity index (χ4n) is 2.13. The smallest absolute Gasteiger partial charge is 0.118 e. The molecule has 0 amide bonds. The van der Waals surface area contributed by atoms with E-state index in [0.29, 0.717) is 6.54 Å². The highest BCUT2D eigenvalue weighted by Gasteiger charge is 2.11. The quantitative estimate of drug-likeness (QED) is 0.854. The van der Waals surface area contributed by atoms with Crippen LogP contribution >= 0.6 is 11.6 Å². The predicted octanol–water partition coefficient (Wildman–Crippen LogP) is 3.73. The Kier molecular flexibility index (Phi) is 5.62. The SMILES string of the molecule is COc1ccc(C(O)CNC(C)c2cccc(Cl)c2)cc1. The van der Waals surface area contributed by atoms with Gasteiger partial charge in [-0.3, -0.25) is 0 Å². The van der Waals surface area contributed by atoms with Crippen LogP contribution in [0.15, 0.2) is 48.5 Å². The standard InChI is InChI=1S/C17H20ClNO2/c1-12(14-4-3-5-15(18)10-14)19-11-17(20)13-6-8-16(21-2)9-7-13/h3-10,12,17,19-20H,11H2,1-2H3. The molecule has 0 aliphatic heterocycles. The summed E-state index contributed by atoms with van der Waals surface area (Å²) in [5.41, 5.74) is 1.96. The third kappa shape index (κ3) is 4.46. The number of rotatable bonds is 6. The Bertz CT molecular complexity index is 571. The normalized spacial score (nSPS) is 13.7. The second-order valence-electron chi connectivity index (χ2n) is 4.97. The molecule has 2 unspecified atom stereocenters. The number of ether oxygens (including phenoxy) is 1. The Labute approximate surface area is 130 Å². The minimum atomic E-state index is -0.558. The minimum absolute atomic E-state index is 0.122. The minimum Gasteiger partial charge on any atom is -0.497 e. The molecule has 2 aromatic carbocycles. The first-order valence-corrected chi connectivity index (χ1v) is 7.29. The van der Waals surface area contributed by atoms with E-state index in [1.807, 2.05) is 55.5 Å². The number of nitrogens with one attached hydrogen (secondary N) is 1. The van der Waals surface area contributed by atoms with Gasteiger partial charge in [-0.25, -0.2) is 0 Å². The molecule has 0 saturated heterocycles. The molecular weight excluding hydrogens is 286 g/mol. The van der Waals surface area contributed by atoms with Crippen molar-refractivity contribution >= 4 is 11.6 Å². The van der Waals surface area contributed by atoms with Gasteiger partial charge < -0.3 is 15.2 Å². The van der Waals surface area contributed by atoms with Crippen LogP contribution in [0, 0.1) is 0 Å². The largest absolute Gasteiger partial charge is 0.497 e. The number of methoxy groups -OCH3 is 1. The summed E-state index contributed by atoms with van der Waals surface area (Å²) in [4.78, 5) is 0. The van der Waals surface area contributed by atoms with Crippen molar-refractivity contribution in [2.24, 2.45) is 0 Å². The highest BCUT2D eigenvalue weighted by molar-refractivity contribution is 6.30. The maximum atomic E-state index is 10.2. The molecule has 0 saturated carbocycles. The molecule has 0 spiro atoms. The van der Waals surface area contributed by atoms with Crippen LogP contribution in [-0.2, 0) is 0 Å². The van der Waals surface area contributed by atoms with E-state index in [-0.39, 0.29) is 6.04 Å². The van der Waals surface area contributed by atoms with Crippen LogP contribution in [0.5, 0.6) is 5.75 Å². The van der Waals surface area contributed by atoms with E-state index < -0.39 is 6.10 Å². The van der Waals surface area contributed by atoms with Crippen LogP contribution in [0.4, 0.5) is 0 Å². The van der Waals surface area contributed by atoms with Gasteiger partial charge in [0, 0.05) is 17.6 Å². The second kappa shape index (κ2) is 7.46. The number of aliphatic hydroxyl groups excluding tert-OH is 1. The van der Waals surface area contributed by atoms with Crippen LogP contribution in [-0.4, -0.2) is 18.8 Å². The van der Waals surface area contributed by atoms with Gasteiger partial charge in [-0.15, -0.1) is 0 Å². The average Bonchev–Trinajstić information content (AvgIpc) is 2.52. The van der Waals surface area contributed by atoms with Gasteiger partial charge in [-0.05, 0) is 42.3 Å². The molecule has 21 heavy (non-hydrogen) atoms. The molecule has 2 atom stereocenters. The van der Waals surface area contributed by atoms with Gasteiger partial charge >= 0.3 is 0 Å². The van der Waals surface area contributed by atoms with Gasteiger partial charge in [0.25, 0.3) is 0 Å². The highest BCUT2D eigenvalue weighted by atomic mass is 35.5. The topological polar surface area (TPSA) is 41.5 Å². The molecule has 3 nitrogen and oxygen atoms in total. The number of benzene rings is 2. The molecule has 0 aliphatic rings. The van der Waals surface area contributed by atoms with Crippen molar-refractivity contribution in [1.82, 2.24) is 5.32 Å². The summed E-state index contributed by atoms with van der Waals surface area (Å²) < 4.78 is 5.11. The Hall–Kier alpha value is -1.55. The fraction of sp³-hybridized carbons (Fsp3) is 0.294. The molecule has 0 heterocycles. The van der Waals surface area contributed by atoms with Crippen molar-refractivity contribution < 1.29 is 9.84 Å². The lowest BCUT2D eigenvalue weighted by Gasteiger charge is -2.18. The maximum absolute atomic E-state index is 10.2. The van der Waals surface area contributed by atoms with Crippen molar-refractivity contribution in [2.45, 2.75) is 19.1 Å². The first kappa shape index (κ1) is 15.8. The Morgan fingerprint density at radius 3 is 2.48 bits per heavy atom. The summed E-state index contributed by atoms with van der Waals surface area (Å²) in [5, 5.41) is 14.2. The fourth-order valence-corrected chi connectivity index (χ4v) is 2.32. The van der Waals surface area contributed by atoms with Crippen molar-refractivity contribution in [3.05, 3.63) is 64.7 Å². The first-order chi connectivity index (χ1) is 10.1. The van der Waals surface area contributed by atoms with Gasteiger partial charge in [-0.2, -0.15) is 0 Å². The zero-order chi connectivity index (χ0) is 15.2. The van der Waals surface area contributed by atoms with Crippen LogP contribution < -0.4 is 10.1 Å². The van der Waals surface area contributed by atoms with Crippen molar-refractivity contribution in [2.75, 3.05) is 13.7 Å². The lowest BCUT2D eigenvalue weighted by atomic mass is 10.1. The van der Waals surface area contributed by atoms with Crippen molar-refractivity contribution in [3.63, 3.8) is 0 Å². The van der Waals surface area contributed by atoms with E-state index in [1.54, 1.807) is 7.11 Å². The third-order valence-electron chi connectivity index (χ3n) is 3.47. The second-order valence-corrected chi connectivity index (χ2v) is 5.41. The lowest BCUT2D eigenvalue weighted by molar-refractivity contribution is 0.170. The molecule has 0 bridgehead atoms. The predicted molar refractivity (Wildman–Crippen MR) is 85.8 cm³/mol. The van der Waals surface area contributed by atoms with E-state index in [4.69, 9.17) is 16.3 Å². The van der Waals surface area contributed by atoms with Gasteiger partial charge in [0.1, 0.15) is 5.75 Å². The molecule has 0 aromatic heterocycles. The van der Waals surface area contributed by atoms with Gasteiger partial charge in [0.2, 0.25) is 0 Å². The molecule has 4 heteroatoms. The molecule has 0 radical (unpaired) electrons. The number of hydrogen-bond acceptors (Lipinski definition) is 3. The maximum Gasteiger partial charge on any atom is 0.118 e. The molecular formula is C17H20ClNO2. The Morgan fingerprint density at radius 2 is 1.86 bits per heavy atom. The zero-order valence-electron chi connectivity index (χ0n) is 12.2. The molecule has 2 N–H and O–H groups in total.